The lowest BCUT2D eigenvalue weighted by atomic mass is 9.95. The molecule has 0 saturated heterocycles. The van der Waals surface area contributed by atoms with Crippen molar-refractivity contribution in [1.29, 1.82) is 0 Å². The molecule has 0 fully saturated rings. The first-order valence-corrected chi connectivity index (χ1v) is 9.01. The fourth-order valence-electron chi connectivity index (χ4n) is 4.00. The molecule has 1 aliphatic heterocycles. The van der Waals surface area contributed by atoms with E-state index in [9.17, 15) is 14.7 Å². The van der Waals surface area contributed by atoms with E-state index in [-0.39, 0.29) is 17.5 Å². The molecule has 1 aliphatic rings. The highest BCUT2D eigenvalue weighted by Gasteiger charge is 2.34. The van der Waals surface area contributed by atoms with Gasteiger partial charge >= 0.3 is 5.69 Å². The first-order valence-electron chi connectivity index (χ1n) is 9.01. The number of quaternary nitrogens is 1. The summed E-state index contributed by atoms with van der Waals surface area (Å²) in [7, 11) is 1.63. The second kappa shape index (κ2) is 6.31. The van der Waals surface area contributed by atoms with E-state index in [2.05, 4.69) is 9.97 Å². The van der Waals surface area contributed by atoms with Crippen LogP contribution in [0.4, 0.5) is 0 Å². The van der Waals surface area contributed by atoms with Gasteiger partial charge in [0.2, 0.25) is 5.88 Å². The summed E-state index contributed by atoms with van der Waals surface area (Å²) in [6, 6.07) is 5.12. The number of aromatic amines is 2. The lowest BCUT2D eigenvalue weighted by Crippen LogP contribution is -2.87. The zero-order valence-electron chi connectivity index (χ0n) is 15.5. The number of ether oxygens (including phenoxy) is 1. The summed E-state index contributed by atoms with van der Waals surface area (Å²) in [5.74, 6) is 0.494. The van der Waals surface area contributed by atoms with Crippen LogP contribution in [0.3, 0.4) is 0 Å². The minimum Gasteiger partial charge on any atom is -0.497 e. The van der Waals surface area contributed by atoms with Crippen molar-refractivity contribution in [2.75, 3.05) is 13.7 Å². The van der Waals surface area contributed by atoms with Crippen molar-refractivity contribution in [2.24, 2.45) is 0 Å². The van der Waals surface area contributed by atoms with Crippen molar-refractivity contribution in [1.82, 2.24) is 14.5 Å². The molecule has 0 aliphatic carbocycles. The van der Waals surface area contributed by atoms with Gasteiger partial charge in [-0.1, -0.05) is 0 Å². The Bertz CT molecular complexity index is 1140. The van der Waals surface area contributed by atoms with Crippen LogP contribution in [0.2, 0.25) is 0 Å². The molecular weight excluding hydrogens is 348 g/mol. The van der Waals surface area contributed by atoms with Crippen LogP contribution in [0.25, 0.3) is 10.9 Å². The maximum Gasteiger partial charge on any atom is 0.331 e. The molecule has 27 heavy (non-hydrogen) atoms. The third kappa shape index (κ3) is 2.64. The molecule has 8 heteroatoms. The Morgan fingerprint density at radius 2 is 2.07 bits per heavy atom. The van der Waals surface area contributed by atoms with E-state index in [1.807, 2.05) is 23.5 Å². The molecule has 1 atom stereocenters. The zero-order valence-corrected chi connectivity index (χ0v) is 15.5. The first-order chi connectivity index (χ1) is 12.9. The molecule has 3 heterocycles. The molecule has 0 amide bonds. The monoisotopic (exact) mass is 371 g/mol. The van der Waals surface area contributed by atoms with Crippen LogP contribution >= 0.6 is 0 Å². The molecule has 0 unspecified atom stereocenters. The Labute approximate surface area is 154 Å². The summed E-state index contributed by atoms with van der Waals surface area (Å²) >= 11 is 0. The summed E-state index contributed by atoms with van der Waals surface area (Å²) in [5, 5.41) is 13.8. The molecule has 0 bridgehead atoms. The number of benzene rings is 1. The van der Waals surface area contributed by atoms with Gasteiger partial charge < -0.3 is 20.1 Å². The van der Waals surface area contributed by atoms with Crippen LogP contribution in [-0.2, 0) is 6.42 Å². The second-order valence-electron chi connectivity index (χ2n) is 7.14. The smallest absolute Gasteiger partial charge is 0.331 e. The highest BCUT2D eigenvalue weighted by molar-refractivity contribution is 5.86. The molecule has 0 radical (unpaired) electrons. The van der Waals surface area contributed by atoms with Crippen LogP contribution < -0.4 is 21.3 Å². The van der Waals surface area contributed by atoms with Crippen LogP contribution in [0.1, 0.15) is 42.8 Å². The average Bonchev–Trinajstić information content (AvgIpc) is 2.99. The molecule has 8 nitrogen and oxygen atoms in total. The number of H-pyrrole nitrogens is 2. The second-order valence-corrected chi connectivity index (χ2v) is 7.14. The number of methoxy groups -OCH3 is 1. The molecule has 1 aromatic carbocycles. The van der Waals surface area contributed by atoms with Gasteiger partial charge in [0.05, 0.1) is 19.3 Å². The Morgan fingerprint density at radius 1 is 1.30 bits per heavy atom. The van der Waals surface area contributed by atoms with Crippen molar-refractivity contribution < 1.29 is 15.2 Å². The van der Waals surface area contributed by atoms with E-state index in [4.69, 9.17) is 4.74 Å². The molecule has 0 spiro atoms. The van der Waals surface area contributed by atoms with Crippen LogP contribution in [0, 0.1) is 0 Å². The largest absolute Gasteiger partial charge is 0.497 e. The van der Waals surface area contributed by atoms with Crippen LogP contribution in [0.15, 0.2) is 27.8 Å². The first kappa shape index (κ1) is 17.4. The van der Waals surface area contributed by atoms with Crippen molar-refractivity contribution in [3.8, 4) is 11.6 Å². The fraction of sp³-hybridized carbons (Fsp3) is 0.368. The molecule has 0 saturated carbocycles. The Hall–Kier alpha value is -3.00. The maximum atomic E-state index is 12.6. The average molecular weight is 371 g/mol. The SMILES string of the molecule is COc1ccc2[nH]c3c(c2c1)CC[NH2+][C@H]3c1c(O)n(C(C)C)c(=O)[nH]c1=O. The Balaban J connectivity index is 1.95. The van der Waals surface area contributed by atoms with Gasteiger partial charge in [-0.25, -0.2) is 4.79 Å². The maximum absolute atomic E-state index is 12.6. The molecular formula is C19H23N4O4+. The van der Waals surface area contributed by atoms with E-state index in [0.717, 1.165) is 40.9 Å². The number of hydrogen-bond acceptors (Lipinski definition) is 4. The number of aromatic hydroxyl groups is 1. The standard InChI is InChI=1S/C19H22N4O4/c1-9(2)23-18(25)14(17(24)22-19(23)26)16-15-11(6-7-20-16)12-8-10(27-3)4-5-13(12)21-15/h4-5,8-9,16,20-21,25H,6-7H2,1-3H3,(H,22,24,26)/p+1/t16-/m0/s1. The van der Waals surface area contributed by atoms with E-state index in [1.165, 1.54) is 4.57 Å². The van der Waals surface area contributed by atoms with Crippen molar-refractivity contribution in [3.63, 3.8) is 0 Å². The van der Waals surface area contributed by atoms with Crippen LogP contribution in [0.5, 0.6) is 11.6 Å². The van der Waals surface area contributed by atoms with E-state index >= 15 is 0 Å². The van der Waals surface area contributed by atoms with Gasteiger partial charge in [0.25, 0.3) is 5.56 Å². The number of rotatable bonds is 3. The third-order valence-corrected chi connectivity index (χ3v) is 5.23. The Kier molecular flexibility index (Phi) is 4.07. The number of nitrogens with zero attached hydrogens (tertiary/aromatic N) is 1. The summed E-state index contributed by atoms with van der Waals surface area (Å²) < 4.78 is 6.55. The third-order valence-electron chi connectivity index (χ3n) is 5.23. The molecule has 142 valence electrons. The van der Waals surface area contributed by atoms with Crippen molar-refractivity contribution in [3.05, 3.63) is 55.9 Å². The fourth-order valence-corrected chi connectivity index (χ4v) is 4.00. The van der Waals surface area contributed by atoms with Gasteiger partial charge in [-0.2, -0.15) is 0 Å². The Morgan fingerprint density at radius 3 is 2.78 bits per heavy atom. The molecule has 4 rings (SSSR count). The van der Waals surface area contributed by atoms with Gasteiger partial charge in [0.15, 0.2) is 6.04 Å². The summed E-state index contributed by atoms with van der Waals surface area (Å²) in [4.78, 5) is 30.4. The zero-order chi connectivity index (χ0) is 19.3. The predicted molar refractivity (Wildman–Crippen MR) is 101 cm³/mol. The van der Waals surface area contributed by atoms with Gasteiger partial charge in [-0.05, 0) is 37.6 Å². The number of fused-ring (bicyclic) bond motifs is 3. The molecule has 3 aromatic rings. The highest BCUT2D eigenvalue weighted by Crippen LogP contribution is 2.34. The van der Waals surface area contributed by atoms with Gasteiger partial charge in [-0.3, -0.25) is 14.3 Å². The van der Waals surface area contributed by atoms with Gasteiger partial charge in [0.1, 0.15) is 11.3 Å². The lowest BCUT2D eigenvalue weighted by molar-refractivity contribution is -0.690. The predicted octanol–water partition coefficient (Wildman–Crippen LogP) is 0.522. The van der Waals surface area contributed by atoms with Gasteiger partial charge in [0, 0.05) is 23.4 Å². The number of aromatic nitrogens is 3. The van der Waals surface area contributed by atoms with Crippen molar-refractivity contribution in [2.45, 2.75) is 32.4 Å². The number of nitrogens with two attached hydrogens (primary N) is 1. The minimum atomic E-state index is -0.603. The van der Waals surface area contributed by atoms with Gasteiger partial charge in [-0.15, -0.1) is 0 Å². The highest BCUT2D eigenvalue weighted by atomic mass is 16.5. The van der Waals surface area contributed by atoms with E-state index in [0.29, 0.717) is 0 Å². The summed E-state index contributed by atoms with van der Waals surface area (Å²) in [6.45, 7) is 4.34. The molecule has 5 N–H and O–H groups in total. The quantitative estimate of drug-likeness (QED) is 0.537. The number of hydrogen-bond donors (Lipinski definition) is 4. The van der Waals surface area contributed by atoms with E-state index < -0.39 is 17.3 Å². The summed E-state index contributed by atoms with van der Waals surface area (Å²) in [6.07, 6.45) is 0.835. The van der Waals surface area contributed by atoms with E-state index in [1.54, 1.807) is 21.0 Å². The minimum absolute atomic E-state index is 0.197. The number of nitrogens with one attached hydrogen (secondary N) is 2. The normalized spacial score (nSPS) is 16.7. The lowest BCUT2D eigenvalue weighted by Gasteiger charge is -2.23. The van der Waals surface area contributed by atoms with Crippen LogP contribution in [-0.4, -0.2) is 33.3 Å². The topological polar surface area (TPSA) is 117 Å². The molecule has 2 aromatic heterocycles. The summed E-state index contributed by atoms with van der Waals surface area (Å²) in [5.41, 5.74) is 1.97. The van der Waals surface area contributed by atoms with Crippen molar-refractivity contribution >= 4 is 10.9 Å².